The number of halogens is 4. The van der Waals surface area contributed by atoms with Gasteiger partial charge in [-0.05, 0) is 59.5 Å². The number of hydrogen-bond acceptors (Lipinski definition) is 4. The number of amides is 1. The second kappa shape index (κ2) is 9.07. The van der Waals surface area contributed by atoms with Crippen LogP contribution < -0.4 is 5.32 Å². The molecule has 11 heteroatoms. The minimum Gasteiger partial charge on any atom is -0.307 e. The zero-order valence-corrected chi connectivity index (χ0v) is 20.4. The first-order chi connectivity index (χ1) is 16.3. The molecule has 0 aliphatic heterocycles. The number of aryl methyl sites for hydroxylation is 1. The van der Waals surface area contributed by atoms with Crippen molar-refractivity contribution in [3.05, 3.63) is 68.5 Å². The van der Waals surface area contributed by atoms with Gasteiger partial charge in [0.1, 0.15) is 6.54 Å². The molecule has 7 nitrogen and oxygen atoms in total. The molecule has 1 fully saturated rings. The third kappa shape index (κ3) is 4.69. The second-order valence-electron chi connectivity index (χ2n) is 8.35. The zero-order chi connectivity index (χ0) is 24.0. The lowest BCUT2D eigenvalue weighted by Gasteiger charge is -2.08. The molecule has 176 valence electrons. The van der Waals surface area contributed by atoms with E-state index in [1.165, 1.54) is 10.7 Å². The zero-order valence-electron chi connectivity index (χ0n) is 18.1. The maximum atomic E-state index is 13.8. The Labute approximate surface area is 207 Å². The van der Waals surface area contributed by atoms with E-state index in [-0.39, 0.29) is 23.9 Å². The van der Waals surface area contributed by atoms with Crippen LogP contribution >= 0.6 is 27.5 Å². The molecule has 0 radical (unpaired) electrons. The van der Waals surface area contributed by atoms with Gasteiger partial charge in [-0.25, -0.2) is 18.4 Å². The fraction of sp³-hybridized carbons (Fsp3) is 0.304. The Morgan fingerprint density at radius 3 is 2.68 bits per heavy atom. The summed E-state index contributed by atoms with van der Waals surface area (Å²) >= 11 is 9.35. The SMILES string of the molecule is Cc1nn(CC(=O)Nc2nn(Cc3ccc(Cl)cc3)cc2Br)c2nc(C3CC3)cc(C(F)F)c12. The average molecular weight is 550 g/mol. The largest absolute Gasteiger partial charge is 0.307 e. The number of hydrogen-bond donors (Lipinski definition) is 1. The highest BCUT2D eigenvalue weighted by Crippen LogP contribution is 2.42. The lowest BCUT2D eigenvalue weighted by molar-refractivity contribution is -0.116. The van der Waals surface area contributed by atoms with Gasteiger partial charge in [-0.15, -0.1) is 0 Å². The highest BCUT2D eigenvalue weighted by atomic mass is 79.9. The van der Waals surface area contributed by atoms with E-state index in [1.54, 1.807) is 29.9 Å². The van der Waals surface area contributed by atoms with E-state index < -0.39 is 6.43 Å². The molecule has 0 saturated heterocycles. The lowest BCUT2D eigenvalue weighted by atomic mass is 10.1. The number of carbonyl (C=O) groups excluding carboxylic acids is 1. The number of aromatic nitrogens is 5. The molecule has 1 saturated carbocycles. The van der Waals surface area contributed by atoms with Gasteiger partial charge in [-0.2, -0.15) is 10.2 Å². The molecular formula is C23H20BrClF2N6O. The van der Waals surface area contributed by atoms with Crippen molar-refractivity contribution < 1.29 is 13.6 Å². The number of anilines is 1. The van der Waals surface area contributed by atoms with Gasteiger partial charge in [-0.3, -0.25) is 9.48 Å². The molecule has 4 aromatic rings. The normalized spacial score (nSPS) is 13.7. The Kier molecular flexibility index (Phi) is 6.11. The molecule has 5 rings (SSSR count). The third-order valence-electron chi connectivity index (χ3n) is 5.68. The minimum absolute atomic E-state index is 0.0836. The number of carbonyl (C=O) groups is 1. The number of rotatable bonds is 7. The second-order valence-corrected chi connectivity index (χ2v) is 9.64. The van der Waals surface area contributed by atoms with Crippen molar-refractivity contribution in [3.63, 3.8) is 0 Å². The van der Waals surface area contributed by atoms with Crippen molar-refractivity contribution >= 4 is 50.3 Å². The Hall–Kier alpha value is -2.85. The number of fused-ring (bicyclic) bond motifs is 1. The summed E-state index contributed by atoms with van der Waals surface area (Å²) in [5.74, 6) is 0.158. The monoisotopic (exact) mass is 548 g/mol. The molecule has 0 spiro atoms. The van der Waals surface area contributed by atoms with Gasteiger partial charge in [0.15, 0.2) is 11.5 Å². The molecule has 0 atom stereocenters. The molecule has 3 heterocycles. The summed E-state index contributed by atoms with van der Waals surface area (Å²) in [6.07, 6.45) is 0.979. The first kappa shape index (κ1) is 22.9. The van der Waals surface area contributed by atoms with Crippen LogP contribution in [-0.2, 0) is 17.9 Å². The van der Waals surface area contributed by atoms with Gasteiger partial charge in [0.05, 0.1) is 22.1 Å². The summed E-state index contributed by atoms with van der Waals surface area (Å²) in [7, 11) is 0. The van der Waals surface area contributed by atoms with Gasteiger partial charge in [0, 0.05) is 28.4 Å². The van der Waals surface area contributed by atoms with Crippen LogP contribution in [0, 0.1) is 6.92 Å². The molecular weight excluding hydrogens is 530 g/mol. The number of pyridine rings is 1. The number of nitrogens with zero attached hydrogens (tertiary/aromatic N) is 5. The Bertz CT molecular complexity index is 1380. The van der Waals surface area contributed by atoms with E-state index in [0.29, 0.717) is 44.3 Å². The van der Waals surface area contributed by atoms with Gasteiger partial charge >= 0.3 is 0 Å². The minimum atomic E-state index is -2.64. The van der Waals surface area contributed by atoms with E-state index >= 15 is 0 Å². The number of alkyl halides is 2. The van der Waals surface area contributed by atoms with Crippen LogP contribution in [-0.4, -0.2) is 30.5 Å². The molecule has 0 bridgehead atoms. The van der Waals surface area contributed by atoms with Crippen molar-refractivity contribution in [3.8, 4) is 0 Å². The molecule has 1 aromatic carbocycles. The molecule has 1 aliphatic rings. The lowest BCUT2D eigenvalue weighted by Crippen LogP contribution is -2.20. The molecule has 3 aromatic heterocycles. The fourth-order valence-corrected chi connectivity index (χ4v) is 4.47. The van der Waals surface area contributed by atoms with E-state index in [1.807, 2.05) is 12.1 Å². The maximum absolute atomic E-state index is 13.8. The third-order valence-corrected chi connectivity index (χ3v) is 6.52. The summed E-state index contributed by atoms with van der Waals surface area (Å²) < 4.78 is 31.2. The predicted molar refractivity (Wildman–Crippen MR) is 128 cm³/mol. The van der Waals surface area contributed by atoms with Crippen LogP contribution in [0.4, 0.5) is 14.6 Å². The molecule has 1 amide bonds. The van der Waals surface area contributed by atoms with E-state index in [9.17, 15) is 13.6 Å². The predicted octanol–water partition coefficient (Wildman–Crippen LogP) is 5.85. The molecule has 1 N–H and O–H groups in total. The standard InChI is InChI=1S/C23H20BrClF2N6O/c1-12-20-16(21(26)27)8-18(14-4-5-14)28-23(20)33(30-12)11-19(34)29-22-17(24)10-32(31-22)9-13-2-6-15(25)7-3-13/h2-3,6-8,10,14,21H,4-5,9,11H2,1H3,(H,29,31,34). The van der Waals surface area contributed by atoms with Crippen LogP contribution in [0.5, 0.6) is 0 Å². The van der Waals surface area contributed by atoms with E-state index in [4.69, 9.17) is 11.6 Å². The van der Waals surface area contributed by atoms with Crippen LogP contribution in [0.2, 0.25) is 5.02 Å². The number of benzene rings is 1. The highest BCUT2D eigenvalue weighted by Gasteiger charge is 2.29. The average Bonchev–Trinajstić information content (AvgIpc) is 3.52. The van der Waals surface area contributed by atoms with Gasteiger partial charge < -0.3 is 5.32 Å². The number of nitrogens with one attached hydrogen (secondary N) is 1. The first-order valence-electron chi connectivity index (χ1n) is 10.7. The van der Waals surface area contributed by atoms with Crippen LogP contribution in [0.25, 0.3) is 11.0 Å². The Morgan fingerprint density at radius 2 is 2.00 bits per heavy atom. The molecule has 1 aliphatic carbocycles. The summed E-state index contributed by atoms with van der Waals surface area (Å²) in [6.45, 7) is 1.97. The highest BCUT2D eigenvalue weighted by molar-refractivity contribution is 9.10. The quantitative estimate of drug-likeness (QED) is 0.314. The Morgan fingerprint density at radius 1 is 1.26 bits per heavy atom. The summed E-state index contributed by atoms with van der Waals surface area (Å²) in [5.41, 5.74) is 2.27. The van der Waals surface area contributed by atoms with Crippen LogP contribution in [0.1, 0.15) is 47.7 Å². The van der Waals surface area contributed by atoms with E-state index in [0.717, 1.165) is 18.4 Å². The van der Waals surface area contributed by atoms with Gasteiger partial charge in [-0.1, -0.05) is 23.7 Å². The summed E-state index contributed by atoms with van der Waals surface area (Å²) in [6, 6.07) is 8.89. The topological polar surface area (TPSA) is 77.6 Å². The molecule has 34 heavy (non-hydrogen) atoms. The molecule has 0 unspecified atom stereocenters. The van der Waals surface area contributed by atoms with Crippen molar-refractivity contribution in [2.45, 2.75) is 45.2 Å². The van der Waals surface area contributed by atoms with Crippen LogP contribution in [0.3, 0.4) is 0 Å². The van der Waals surface area contributed by atoms with E-state index in [2.05, 4.69) is 36.4 Å². The Balaban J connectivity index is 1.36. The van der Waals surface area contributed by atoms with Gasteiger partial charge in [0.2, 0.25) is 5.91 Å². The smallest absolute Gasteiger partial charge is 0.264 e. The summed E-state index contributed by atoms with van der Waals surface area (Å²) in [4.78, 5) is 17.4. The first-order valence-corrected chi connectivity index (χ1v) is 11.9. The summed E-state index contributed by atoms with van der Waals surface area (Å²) in [5, 5.41) is 12.5. The maximum Gasteiger partial charge on any atom is 0.264 e. The van der Waals surface area contributed by atoms with Crippen molar-refractivity contribution in [1.29, 1.82) is 0 Å². The fourth-order valence-electron chi connectivity index (χ4n) is 3.92. The van der Waals surface area contributed by atoms with Gasteiger partial charge in [0.25, 0.3) is 6.43 Å². The van der Waals surface area contributed by atoms with Crippen molar-refractivity contribution in [1.82, 2.24) is 24.5 Å². The van der Waals surface area contributed by atoms with Crippen molar-refractivity contribution in [2.24, 2.45) is 0 Å². The van der Waals surface area contributed by atoms with Crippen molar-refractivity contribution in [2.75, 3.05) is 5.32 Å². The van der Waals surface area contributed by atoms with Crippen LogP contribution in [0.15, 0.2) is 41.0 Å².